The molecule has 2 unspecified atom stereocenters. The van der Waals surface area contributed by atoms with Crippen molar-refractivity contribution in [3.63, 3.8) is 0 Å². The third-order valence-corrected chi connectivity index (χ3v) is 5.44. The van der Waals surface area contributed by atoms with Gasteiger partial charge in [-0.1, -0.05) is 6.92 Å². The van der Waals surface area contributed by atoms with E-state index in [-0.39, 0.29) is 5.25 Å². The number of anilines is 1. The molecule has 0 amide bonds. The van der Waals surface area contributed by atoms with E-state index in [1.165, 1.54) is 18.7 Å². The van der Waals surface area contributed by atoms with Gasteiger partial charge in [0, 0.05) is 40.5 Å². The molecule has 1 heterocycles. The summed E-state index contributed by atoms with van der Waals surface area (Å²) in [5.74, 6) is 1.78. The SMILES string of the molecule is CC(CCn1c(C2CC2)nc2cc(N)ccc21)S(C)=O. The van der Waals surface area contributed by atoms with Gasteiger partial charge in [-0.2, -0.15) is 0 Å². The molecular weight excluding hydrogens is 270 g/mol. The molecule has 2 atom stereocenters. The molecule has 2 N–H and O–H groups in total. The number of nitrogens with zero attached hydrogens (tertiary/aromatic N) is 2. The Hall–Kier alpha value is -1.36. The molecule has 1 aromatic heterocycles. The van der Waals surface area contributed by atoms with E-state index in [4.69, 9.17) is 10.7 Å². The van der Waals surface area contributed by atoms with E-state index >= 15 is 0 Å². The van der Waals surface area contributed by atoms with Crippen LogP contribution in [-0.4, -0.2) is 25.3 Å². The molecule has 3 rings (SSSR count). The van der Waals surface area contributed by atoms with Crippen molar-refractivity contribution in [2.45, 2.75) is 43.9 Å². The zero-order chi connectivity index (χ0) is 14.3. The molecule has 20 heavy (non-hydrogen) atoms. The van der Waals surface area contributed by atoms with Crippen LogP contribution in [0.3, 0.4) is 0 Å². The fourth-order valence-electron chi connectivity index (χ4n) is 2.53. The van der Waals surface area contributed by atoms with Crippen molar-refractivity contribution < 1.29 is 4.21 Å². The van der Waals surface area contributed by atoms with Crippen LogP contribution >= 0.6 is 0 Å². The Morgan fingerprint density at radius 3 is 2.90 bits per heavy atom. The Bertz CT molecular complexity index is 660. The van der Waals surface area contributed by atoms with Gasteiger partial charge in [0.25, 0.3) is 0 Å². The van der Waals surface area contributed by atoms with Gasteiger partial charge < -0.3 is 10.3 Å². The number of fused-ring (bicyclic) bond motifs is 1. The number of hydrogen-bond donors (Lipinski definition) is 1. The van der Waals surface area contributed by atoms with Gasteiger partial charge in [0.1, 0.15) is 5.82 Å². The van der Waals surface area contributed by atoms with Crippen molar-refractivity contribution >= 4 is 27.5 Å². The topological polar surface area (TPSA) is 60.9 Å². The third kappa shape index (κ3) is 2.59. The summed E-state index contributed by atoms with van der Waals surface area (Å²) in [7, 11) is -0.765. The first-order valence-corrected chi connectivity index (χ1v) is 8.76. The first-order valence-electron chi connectivity index (χ1n) is 7.14. The highest BCUT2D eigenvalue weighted by molar-refractivity contribution is 7.84. The molecule has 0 spiro atoms. The van der Waals surface area contributed by atoms with Crippen molar-refractivity contribution in [2.75, 3.05) is 12.0 Å². The van der Waals surface area contributed by atoms with E-state index < -0.39 is 10.8 Å². The molecule has 4 nitrogen and oxygen atoms in total. The number of aryl methyl sites for hydroxylation is 1. The van der Waals surface area contributed by atoms with Gasteiger partial charge in [0.05, 0.1) is 11.0 Å². The second-order valence-electron chi connectivity index (χ2n) is 5.74. The van der Waals surface area contributed by atoms with Crippen molar-refractivity contribution in [1.82, 2.24) is 9.55 Å². The normalized spacial score (nSPS) is 18.3. The number of imidazole rings is 1. The van der Waals surface area contributed by atoms with E-state index in [0.717, 1.165) is 29.7 Å². The van der Waals surface area contributed by atoms with Gasteiger partial charge in [-0.25, -0.2) is 4.98 Å². The lowest BCUT2D eigenvalue weighted by atomic mass is 10.2. The molecule has 1 aliphatic rings. The summed E-state index contributed by atoms with van der Waals surface area (Å²) in [5.41, 5.74) is 8.74. The Labute approximate surface area is 121 Å². The van der Waals surface area contributed by atoms with Gasteiger partial charge in [-0.3, -0.25) is 4.21 Å². The summed E-state index contributed by atoms with van der Waals surface area (Å²) in [5, 5.41) is 0.216. The predicted molar refractivity (Wildman–Crippen MR) is 84.3 cm³/mol. The summed E-state index contributed by atoms with van der Waals surface area (Å²) in [4.78, 5) is 4.77. The van der Waals surface area contributed by atoms with Crippen LogP contribution < -0.4 is 5.73 Å². The first-order chi connectivity index (χ1) is 9.56. The number of aromatic nitrogens is 2. The van der Waals surface area contributed by atoms with Crippen molar-refractivity contribution in [1.29, 1.82) is 0 Å². The summed E-state index contributed by atoms with van der Waals surface area (Å²) >= 11 is 0. The van der Waals surface area contributed by atoms with Crippen molar-refractivity contribution in [2.24, 2.45) is 0 Å². The smallest absolute Gasteiger partial charge is 0.112 e. The molecule has 0 aliphatic heterocycles. The zero-order valence-corrected chi connectivity index (χ0v) is 12.8. The van der Waals surface area contributed by atoms with E-state index in [9.17, 15) is 4.21 Å². The van der Waals surface area contributed by atoms with E-state index in [0.29, 0.717) is 5.92 Å². The van der Waals surface area contributed by atoms with Crippen LogP contribution in [0.25, 0.3) is 11.0 Å². The average molecular weight is 291 g/mol. The maximum Gasteiger partial charge on any atom is 0.112 e. The molecular formula is C15H21N3OS. The molecule has 5 heteroatoms. The lowest BCUT2D eigenvalue weighted by Crippen LogP contribution is -2.14. The van der Waals surface area contributed by atoms with Crippen LogP contribution in [-0.2, 0) is 17.3 Å². The summed E-state index contributed by atoms with van der Waals surface area (Å²) in [6.07, 6.45) is 5.15. The number of nitrogens with two attached hydrogens (primary N) is 1. The second-order valence-corrected chi connectivity index (χ2v) is 7.54. The molecule has 0 bridgehead atoms. The zero-order valence-electron chi connectivity index (χ0n) is 12.0. The predicted octanol–water partition coefficient (Wildman–Crippen LogP) is 2.65. The highest BCUT2D eigenvalue weighted by atomic mass is 32.2. The van der Waals surface area contributed by atoms with Gasteiger partial charge in [-0.05, 0) is 37.5 Å². The standard InChI is InChI=1S/C15H21N3OS/c1-10(20(2)19)7-8-18-14-6-5-12(16)9-13(14)17-15(18)11-3-4-11/h5-6,9-11H,3-4,7-8,16H2,1-2H3. The third-order valence-electron chi connectivity index (χ3n) is 4.07. The van der Waals surface area contributed by atoms with Crippen LogP contribution in [0.15, 0.2) is 18.2 Å². The highest BCUT2D eigenvalue weighted by Gasteiger charge is 2.29. The summed E-state index contributed by atoms with van der Waals surface area (Å²) in [6, 6.07) is 5.93. The maximum absolute atomic E-state index is 11.5. The quantitative estimate of drug-likeness (QED) is 0.862. The lowest BCUT2D eigenvalue weighted by Gasteiger charge is -2.12. The van der Waals surface area contributed by atoms with Crippen LogP contribution in [0, 0.1) is 0 Å². The van der Waals surface area contributed by atoms with E-state index in [1.54, 1.807) is 6.26 Å². The Balaban J connectivity index is 1.94. The molecule has 0 saturated heterocycles. The van der Waals surface area contributed by atoms with Gasteiger partial charge >= 0.3 is 0 Å². The summed E-state index contributed by atoms with van der Waals surface area (Å²) < 4.78 is 13.8. The van der Waals surface area contributed by atoms with Crippen LogP contribution in [0.1, 0.15) is 37.9 Å². The molecule has 1 aromatic carbocycles. The minimum absolute atomic E-state index is 0.216. The van der Waals surface area contributed by atoms with Gasteiger partial charge in [0.2, 0.25) is 0 Å². The molecule has 1 saturated carbocycles. The fraction of sp³-hybridized carbons (Fsp3) is 0.533. The number of benzene rings is 1. The number of hydrogen-bond acceptors (Lipinski definition) is 3. The minimum atomic E-state index is -0.765. The van der Waals surface area contributed by atoms with E-state index in [2.05, 4.69) is 10.6 Å². The first kappa shape index (κ1) is 13.6. The lowest BCUT2D eigenvalue weighted by molar-refractivity contribution is 0.609. The maximum atomic E-state index is 11.5. The average Bonchev–Trinajstić information content (AvgIpc) is 3.18. The van der Waals surface area contributed by atoms with Crippen molar-refractivity contribution in [3.8, 4) is 0 Å². The van der Waals surface area contributed by atoms with Crippen LogP contribution in [0.4, 0.5) is 5.69 Å². The molecule has 1 aliphatic carbocycles. The Morgan fingerprint density at radius 1 is 1.50 bits per heavy atom. The van der Waals surface area contributed by atoms with Gasteiger partial charge in [-0.15, -0.1) is 0 Å². The molecule has 0 radical (unpaired) electrons. The Morgan fingerprint density at radius 2 is 2.25 bits per heavy atom. The summed E-state index contributed by atoms with van der Waals surface area (Å²) in [6.45, 7) is 2.93. The Kier molecular flexibility index (Phi) is 3.54. The monoisotopic (exact) mass is 291 g/mol. The van der Waals surface area contributed by atoms with Crippen molar-refractivity contribution in [3.05, 3.63) is 24.0 Å². The molecule has 2 aromatic rings. The fourth-order valence-corrected chi connectivity index (χ4v) is 2.97. The van der Waals surface area contributed by atoms with E-state index in [1.807, 2.05) is 19.1 Å². The van der Waals surface area contributed by atoms with Crippen LogP contribution in [0.2, 0.25) is 0 Å². The molecule has 1 fully saturated rings. The number of rotatable bonds is 5. The van der Waals surface area contributed by atoms with Crippen LogP contribution in [0.5, 0.6) is 0 Å². The largest absolute Gasteiger partial charge is 0.399 e. The molecule has 108 valence electrons. The highest BCUT2D eigenvalue weighted by Crippen LogP contribution is 2.41. The van der Waals surface area contributed by atoms with Gasteiger partial charge in [0.15, 0.2) is 0 Å². The number of nitrogen functional groups attached to an aromatic ring is 1. The minimum Gasteiger partial charge on any atom is -0.399 e. The second kappa shape index (κ2) is 5.20.